The van der Waals surface area contributed by atoms with Crippen molar-refractivity contribution >= 4 is 21.8 Å². The molecule has 1 fully saturated rings. The highest BCUT2D eigenvalue weighted by Crippen LogP contribution is 2.26. The summed E-state index contributed by atoms with van der Waals surface area (Å²) in [7, 11) is -1.88. The third kappa shape index (κ3) is 3.33. The summed E-state index contributed by atoms with van der Waals surface area (Å²) in [5.41, 5.74) is 5.87. The zero-order valence-corrected chi connectivity index (χ0v) is 12.9. The molecule has 1 saturated heterocycles. The smallest absolute Gasteiger partial charge is 0.244 e. The normalized spacial score (nSPS) is 18.9. The highest BCUT2D eigenvalue weighted by molar-refractivity contribution is 7.99. The molecule has 108 valence electrons. The van der Waals surface area contributed by atoms with E-state index in [0.29, 0.717) is 5.56 Å². The molecule has 1 aliphatic rings. The third-order valence-electron chi connectivity index (χ3n) is 3.14. The minimum absolute atomic E-state index is 0.0591. The van der Waals surface area contributed by atoms with Crippen LogP contribution >= 0.6 is 11.8 Å². The van der Waals surface area contributed by atoms with E-state index in [-0.39, 0.29) is 17.5 Å². The molecule has 0 spiro atoms. The zero-order chi connectivity index (χ0) is 14.6. The second-order valence-electron chi connectivity index (χ2n) is 4.45. The molecule has 2 N–H and O–H groups in total. The minimum Gasteiger partial charge on any atom is -0.320 e. The molecule has 0 aliphatic carbocycles. The number of hydrogen-bond donors (Lipinski definition) is 1. The second kappa shape index (κ2) is 6.59. The average molecular weight is 311 g/mol. The van der Waals surface area contributed by atoms with Crippen molar-refractivity contribution in [2.24, 2.45) is 5.73 Å². The van der Waals surface area contributed by atoms with Gasteiger partial charge in [0, 0.05) is 36.8 Å². The van der Waals surface area contributed by atoms with Gasteiger partial charge >= 0.3 is 0 Å². The van der Waals surface area contributed by atoms with Gasteiger partial charge in [-0.25, -0.2) is 8.42 Å². The number of pyridine rings is 1. The number of hydrogen-bond acceptors (Lipinski definition) is 5. The fourth-order valence-corrected chi connectivity index (χ4v) is 4.69. The standard InChI is InChI=1S/C13H17N3O2S2/c1-16(12-4-6-19-10-12)20(17,18)13-7-11(3-2-5-14)8-15-9-13/h7-9,12H,4-6,10,14H2,1H3. The number of sulfonamides is 1. The Bertz CT molecular complexity index is 629. The van der Waals surface area contributed by atoms with E-state index >= 15 is 0 Å². The molecule has 2 rings (SSSR count). The van der Waals surface area contributed by atoms with Crippen molar-refractivity contribution in [1.29, 1.82) is 0 Å². The summed E-state index contributed by atoms with van der Waals surface area (Å²) in [5.74, 6) is 7.34. The van der Waals surface area contributed by atoms with Crippen molar-refractivity contribution in [3.63, 3.8) is 0 Å². The van der Waals surface area contributed by atoms with Crippen LogP contribution in [0.1, 0.15) is 12.0 Å². The minimum atomic E-state index is -3.51. The van der Waals surface area contributed by atoms with Gasteiger partial charge in [0.05, 0.1) is 6.54 Å². The maximum Gasteiger partial charge on any atom is 0.244 e. The third-order valence-corrected chi connectivity index (χ3v) is 6.17. The molecular formula is C13H17N3O2S2. The Morgan fingerprint density at radius 3 is 3.00 bits per heavy atom. The molecule has 1 aromatic heterocycles. The highest BCUT2D eigenvalue weighted by Gasteiger charge is 2.30. The largest absolute Gasteiger partial charge is 0.320 e. The van der Waals surface area contributed by atoms with Crippen LogP contribution < -0.4 is 5.73 Å². The van der Waals surface area contributed by atoms with Gasteiger partial charge < -0.3 is 5.73 Å². The molecule has 0 radical (unpaired) electrons. The first-order valence-electron chi connectivity index (χ1n) is 6.25. The summed E-state index contributed by atoms with van der Waals surface area (Å²) < 4.78 is 26.5. The Labute approximate surface area is 124 Å². The molecule has 1 unspecified atom stereocenters. The van der Waals surface area contributed by atoms with Crippen LogP contribution in [0.15, 0.2) is 23.4 Å². The van der Waals surface area contributed by atoms with Gasteiger partial charge in [-0.1, -0.05) is 11.8 Å². The molecule has 20 heavy (non-hydrogen) atoms. The van der Waals surface area contributed by atoms with Gasteiger partial charge in [-0.15, -0.1) is 0 Å². The summed E-state index contributed by atoms with van der Waals surface area (Å²) in [6.45, 7) is 0.232. The Morgan fingerprint density at radius 2 is 2.35 bits per heavy atom. The van der Waals surface area contributed by atoms with E-state index in [2.05, 4.69) is 16.8 Å². The summed E-state index contributed by atoms with van der Waals surface area (Å²) in [5, 5.41) is 0. The van der Waals surface area contributed by atoms with Crippen LogP contribution in [0.4, 0.5) is 0 Å². The zero-order valence-electron chi connectivity index (χ0n) is 11.2. The average Bonchev–Trinajstić information content (AvgIpc) is 2.98. The summed E-state index contributed by atoms with van der Waals surface area (Å²) in [6.07, 6.45) is 3.79. The van der Waals surface area contributed by atoms with Crippen molar-refractivity contribution in [2.45, 2.75) is 17.4 Å². The molecule has 0 saturated carbocycles. The first kappa shape index (κ1) is 15.3. The number of nitrogens with zero attached hydrogens (tertiary/aromatic N) is 2. The predicted octanol–water partition coefficient (Wildman–Crippen LogP) is 0.518. The van der Waals surface area contributed by atoms with Gasteiger partial charge in [-0.05, 0) is 18.2 Å². The van der Waals surface area contributed by atoms with Crippen LogP contribution in [-0.2, 0) is 10.0 Å². The first-order valence-corrected chi connectivity index (χ1v) is 8.85. The van der Waals surface area contributed by atoms with E-state index < -0.39 is 10.0 Å². The van der Waals surface area contributed by atoms with E-state index in [9.17, 15) is 8.42 Å². The van der Waals surface area contributed by atoms with Crippen molar-refractivity contribution < 1.29 is 8.42 Å². The van der Waals surface area contributed by atoms with Gasteiger partial charge in [0.15, 0.2) is 0 Å². The quantitative estimate of drug-likeness (QED) is 0.824. The van der Waals surface area contributed by atoms with Gasteiger partial charge in [-0.3, -0.25) is 4.98 Å². The number of rotatable bonds is 3. The molecule has 2 heterocycles. The van der Waals surface area contributed by atoms with E-state index in [1.807, 2.05) is 0 Å². The van der Waals surface area contributed by atoms with Crippen LogP contribution in [0.25, 0.3) is 0 Å². The van der Waals surface area contributed by atoms with Gasteiger partial charge in [0.1, 0.15) is 4.90 Å². The molecule has 0 bridgehead atoms. The molecule has 1 aliphatic heterocycles. The molecule has 1 aromatic rings. The monoisotopic (exact) mass is 311 g/mol. The van der Waals surface area contributed by atoms with Gasteiger partial charge in [0.2, 0.25) is 10.0 Å². The fraction of sp³-hybridized carbons (Fsp3) is 0.462. The molecule has 7 heteroatoms. The topological polar surface area (TPSA) is 76.3 Å². The van der Waals surface area contributed by atoms with Crippen LogP contribution in [0.3, 0.4) is 0 Å². The van der Waals surface area contributed by atoms with E-state index in [4.69, 9.17) is 5.73 Å². The van der Waals surface area contributed by atoms with Crippen molar-refractivity contribution in [3.05, 3.63) is 24.0 Å². The molecule has 5 nitrogen and oxygen atoms in total. The highest BCUT2D eigenvalue weighted by atomic mass is 32.2. The lowest BCUT2D eigenvalue weighted by Gasteiger charge is -2.22. The Hall–Kier alpha value is -1.07. The molecular weight excluding hydrogens is 294 g/mol. The number of nitrogens with two attached hydrogens (primary N) is 1. The van der Waals surface area contributed by atoms with Crippen molar-refractivity contribution in [2.75, 3.05) is 25.1 Å². The van der Waals surface area contributed by atoms with Gasteiger partial charge in [-0.2, -0.15) is 16.1 Å². The maximum atomic E-state index is 12.5. The lowest BCUT2D eigenvalue weighted by molar-refractivity contribution is 0.394. The summed E-state index contributed by atoms with van der Waals surface area (Å²) in [6, 6.07) is 1.60. The van der Waals surface area contributed by atoms with E-state index in [1.54, 1.807) is 24.9 Å². The number of aromatic nitrogens is 1. The van der Waals surface area contributed by atoms with Crippen LogP contribution in [0, 0.1) is 11.8 Å². The van der Waals surface area contributed by atoms with E-state index in [1.165, 1.54) is 16.7 Å². The number of thioether (sulfide) groups is 1. The molecule has 0 aromatic carbocycles. The summed E-state index contributed by atoms with van der Waals surface area (Å²) in [4.78, 5) is 4.14. The first-order chi connectivity index (χ1) is 9.55. The fourth-order valence-electron chi connectivity index (χ4n) is 1.95. The van der Waals surface area contributed by atoms with Crippen molar-refractivity contribution in [3.8, 4) is 11.8 Å². The van der Waals surface area contributed by atoms with E-state index in [0.717, 1.165) is 17.9 Å². The summed E-state index contributed by atoms with van der Waals surface area (Å²) >= 11 is 1.78. The maximum absolute atomic E-state index is 12.5. The molecule has 0 amide bonds. The Morgan fingerprint density at radius 1 is 1.55 bits per heavy atom. The van der Waals surface area contributed by atoms with Crippen LogP contribution in [0.2, 0.25) is 0 Å². The molecule has 1 atom stereocenters. The lowest BCUT2D eigenvalue weighted by Crippen LogP contribution is -2.37. The predicted molar refractivity (Wildman–Crippen MR) is 80.8 cm³/mol. The van der Waals surface area contributed by atoms with Crippen LogP contribution in [-0.4, -0.2) is 48.8 Å². The van der Waals surface area contributed by atoms with Crippen LogP contribution in [0.5, 0.6) is 0 Å². The van der Waals surface area contributed by atoms with Crippen molar-refractivity contribution in [1.82, 2.24) is 9.29 Å². The van der Waals surface area contributed by atoms with Gasteiger partial charge in [0.25, 0.3) is 0 Å². The Kier molecular flexibility index (Phi) is 5.05. The Balaban J connectivity index is 2.29. The SMILES string of the molecule is CN(C1CCSC1)S(=O)(=O)c1cncc(C#CCN)c1. The second-order valence-corrected chi connectivity index (χ2v) is 7.60. The lowest BCUT2D eigenvalue weighted by atomic mass is 10.3.